The Morgan fingerprint density at radius 1 is 0.830 bits per heavy atom. The number of rotatable bonds is 10. The molecule has 1 aromatic heterocycles. The van der Waals surface area contributed by atoms with Crippen molar-refractivity contribution in [2.45, 2.75) is 76.1 Å². The number of benzene rings is 3. The Labute approximate surface area is 278 Å². The van der Waals surface area contributed by atoms with Crippen LogP contribution in [0.5, 0.6) is 17.2 Å². The Morgan fingerprint density at radius 3 is 2.34 bits per heavy atom. The highest BCUT2D eigenvalue weighted by molar-refractivity contribution is 7.22. The van der Waals surface area contributed by atoms with Crippen molar-refractivity contribution in [2.24, 2.45) is 0 Å². The molecule has 7 rings (SSSR count). The van der Waals surface area contributed by atoms with Crippen LogP contribution in [-0.2, 0) is 12.6 Å². The fraction of sp³-hybridized carbons (Fsp3) is 0.474. The number of phenolic OH excluding ortho intramolecular Hbond substituents is 1. The summed E-state index contributed by atoms with van der Waals surface area (Å²) in [4.78, 5) is 5.80. The van der Waals surface area contributed by atoms with E-state index in [4.69, 9.17) is 9.47 Å². The van der Waals surface area contributed by atoms with Crippen LogP contribution >= 0.6 is 11.3 Å². The van der Waals surface area contributed by atoms with E-state index < -0.39 is 11.7 Å². The maximum absolute atomic E-state index is 14.6. The second-order valence-electron chi connectivity index (χ2n) is 13.3. The Kier molecular flexibility index (Phi) is 9.66. The normalized spacial score (nSPS) is 21.1. The third kappa shape index (κ3) is 7.42. The molecule has 9 heteroatoms. The van der Waals surface area contributed by atoms with Gasteiger partial charge in [-0.1, -0.05) is 12.5 Å². The van der Waals surface area contributed by atoms with Gasteiger partial charge in [-0.25, -0.2) is 0 Å². The topological polar surface area (TPSA) is 45.2 Å². The molecule has 0 spiro atoms. The Balaban J connectivity index is 1.15. The number of hydrogen-bond donors (Lipinski definition) is 1. The van der Waals surface area contributed by atoms with Crippen LogP contribution in [0.1, 0.15) is 68.1 Å². The fourth-order valence-corrected chi connectivity index (χ4v) is 8.89. The number of likely N-dealkylation sites (tertiary alicyclic amines) is 2. The molecule has 0 bridgehead atoms. The van der Waals surface area contributed by atoms with Crippen LogP contribution in [0.15, 0.2) is 60.7 Å². The summed E-state index contributed by atoms with van der Waals surface area (Å²) in [7, 11) is 0. The Morgan fingerprint density at radius 2 is 1.57 bits per heavy atom. The first-order valence-electron chi connectivity index (χ1n) is 17.1. The summed E-state index contributed by atoms with van der Waals surface area (Å²) in [6, 6.07) is 17.9. The van der Waals surface area contributed by atoms with E-state index >= 15 is 0 Å². The van der Waals surface area contributed by atoms with E-state index in [0.717, 1.165) is 103 Å². The lowest BCUT2D eigenvalue weighted by atomic mass is 9.91. The Bertz CT molecular complexity index is 1660. The molecule has 3 aromatic carbocycles. The lowest BCUT2D eigenvalue weighted by Crippen LogP contribution is -2.46. The summed E-state index contributed by atoms with van der Waals surface area (Å²) < 4.78 is 56.9. The van der Waals surface area contributed by atoms with Gasteiger partial charge in [-0.05, 0) is 154 Å². The molecule has 4 aromatic rings. The molecule has 2 atom stereocenters. The number of alkyl halides is 3. The van der Waals surface area contributed by atoms with Crippen LogP contribution in [0, 0.1) is 0 Å². The first-order valence-corrected chi connectivity index (χ1v) is 17.9. The second kappa shape index (κ2) is 14.1. The van der Waals surface area contributed by atoms with Crippen LogP contribution < -0.4 is 9.47 Å². The molecule has 2 saturated heterocycles. The molecule has 5 nitrogen and oxygen atoms in total. The zero-order valence-corrected chi connectivity index (χ0v) is 27.6. The molecule has 2 aliphatic heterocycles. The van der Waals surface area contributed by atoms with Crippen molar-refractivity contribution in [3.63, 3.8) is 0 Å². The summed E-state index contributed by atoms with van der Waals surface area (Å²) >= 11 is 1.54. The maximum Gasteiger partial charge on any atom is 0.419 e. The van der Waals surface area contributed by atoms with Gasteiger partial charge in [0.1, 0.15) is 30.0 Å². The van der Waals surface area contributed by atoms with Gasteiger partial charge in [-0.2, -0.15) is 13.2 Å². The quantitative estimate of drug-likeness (QED) is 0.183. The molecule has 3 fully saturated rings. The summed E-state index contributed by atoms with van der Waals surface area (Å²) in [6.07, 6.45) is 4.14. The number of ether oxygens (including phenoxy) is 2. The number of hydrogen-bond acceptors (Lipinski definition) is 6. The number of thiophene rings is 1. The van der Waals surface area contributed by atoms with Crippen LogP contribution in [0.25, 0.3) is 20.5 Å². The minimum absolute atomic E-state index is 0.0713. The van der Waals surface area contributed by atoms with Crippen LogP contribution in [-0.4, -0.2) is 66.4 Å². The number of fused-ring (bicyclic) bond motifs is 1. The monoisotopic (exact) mass is 664 g/mol. The minimum atomic E-state index is -4.54. The van der Waals surface area contributed by atoms with Gasteiger partial charge < -0.3 is 14.6 Å². The lowest BCUT2D eigenvalue weighted by molar-refractivity contribution is -0.139. The predicted molar refractivity (Wildman–Crippen MR) is 182 cm³/mol. The summed E-state index contributed by atoms with van der Waals surface area (Å²) in [5.74, 6) is 0.885. The lowest BCUT2D eigenvalue weighted by Gasteiger charge is -2.38. The molecule has 1 saturated carbocycles. The SMILES string of the molecule is Oc1ccc2c(Cc3ccc(O[C@H]4CCCCC4N4CCCC4)c(C(F)(F)F)c3)c(-c3ccc(OCCN4CCCC4)cc3)sc2c1. The molecule has 1 aliphatic carbocycles. The largest absolute Gasteiger partial charge is 0.508 e. The van der Waals surface area contributed by atoms with E-state index in [2.05, 4.69) is 9.80 Å². The molecule has 0 amide bonds. The fourth-order valence-electron chi connectivity index (χ4n) is 7.63. The zero-order valence-electron chi connectivity index (χ0n) is 26.7. The predicted octanol–water partition coefficient (Wildman–Crippen LogP) is 9.14. The van der Waals surface area contributed by atoms with Crippen molar-refractivity contribution in [3.05, 3.63) is 77.4 Å². The summed E-state index contributed by atoms with van der Waals surface area (Å²) in [6.45, 7) is 5.80. The van der Waals surface area contributed by atoms with E-state index in [1.807, 2.05) is 30.3 Å². The molecular weight excluding hydrogens is 621 g/mol. The van der Waals surface area contributed by atoms with Gasteiger partial charge in [-0.3, -0.25) is 9.80 Å². The average molecular weight is 665 g/mol. The number of halogens is 3. The highest BCUT2D eigenvalue weighted by atomic mass is 32.1. The van der Waals surface area contributed by atoms with Crippen LogP contribution in [0.4, 0.5) is 13.2 Å². The van der Waals surface area contributed by atoms with Crippen molar-refractivity contribution in [2.75, 3.05) is 39.3 Å². The summed E-state index contributed by atoms with van der Waals surface area (Å²) in [5.41, 5.74) is 1.76. The van der Waals surface area contributed by atoms with Gasteiger partial charge in [0.05, 0.1) is 5.56 Å². The molecule has 1 N–H and O–H groups in total. The maximum atomic E-state index is 14.6. The van der Waals surface area contributed by atoms with Crippen molar-refractivity contribution < 1.29 is 27.8 Å². The molecule has 47 heavy (non-hydrogen) atoms. The van der Waals surface area contributed by atoms with Crippen molar-refractivity contribution >= 4 is 21.4 Å². The van der Waals surface area contributed by atoms with Crippen molar-refractivity contribution in [1.29, 1.82) is 0 Å². The van der Waals surface area contributed by atoms with Gasteiger partial charge in [0.2, 0.25) is 0 Å². The number of phenols is 1. The Hall–Kier alpha value is -3.27. The molecule has 3 heterocycles. The highest BCUT2D eigenvalue weighted by Gasteiger charge is 2.38. The van der Waals surface area contributed by atoms with Gasteiger partial charge >= 0.3 is 6.18 Å². The second-order valence-corrected chi connectivity index (χ2v) is 14.3. The highest BCUT2D eigenvalue weighted by Crippen LogP contribution is 2.43. The van der Waals surface area contributed by atoms with Gasteiger partial charge in [-0.15, -0.1) is 11.3 Å². The molecule has 1 unspecified atom stereocenters. The number of nitrogens with zero attached hydrogens (tertiary/aromatic N) is 2. The van der Waals surface area contributed by atoms with Crippen LogP contribution in [0.2, 0.25) is 0 Å². The van der Waals surface area contributed by atoms with Gasteiger partial charge in [0, 0.05) is 22.2 Å². The van der Waals surface area contributed by atoms with Crippen molar-refractivity contribution in [3.8, 4) is 27.7 Å². The standard InChI is InChI=1S/C38H43F3N2O3S/c39-38(40,41)32-24-26(9-16-34(32)46-35-8-2-1-7-33(35)43-19-5-6-20-43)23-31-30-15-12-28(44)25-36(30)47-37(31)27-10-13-29(14-11-27)45-22-21-42-17-3-4-18-42/h9-16,24-25,33,35,44H,1-8,17-23H2/t33?,35-/m0/s1. The van der Waals surface area contributed by atoms with E-state index in [-0.39, 0.29) is 23.6 Å². The molecule has 0 radical (unpaired) electrons. The molecule has 250 valence electrons. The third-order valence-electron chi connectivity index (χ3n) is 10.1. The van der Waals surface area contributed by atoms with Crippen LogP contribution in [0.3, 0.4) is 0 Å². The average Bonchev–Trinajstić information content (AvgIpc) is 3.85. The first kappa shape index (κ1) is 32.3. The molecule has 3 aliphatic rings. The van der Waals surface area contributed by atoms with E-state index in [1.165, 1.54) is 25.0 Å². The third-order valence-corrected chi connectivity index (χ3v) is 11.3. The smallest absolute Gasteiger partial charge is 0.419 e. The van der Waals surface area contributed by atoms with Gasteiger partial charge in [0.15, 0.2) is 0 Å². The summed E-state index contributed by atoms with van der Waals surface area (Å²) in [5, 5.41) is 11.1. The van der Waals surface area contributed by atoms with Gasteiger partial charge in [0.25, 0.3) is 0 Å². The zero-order chi connectivity index (χ0) is 32.4. The van der Waals surface area contributed by atoms with E-state index in [0.29, 0.717) is 18.6 Å². The van der Waals surface area contributed by atoms with E-state index in [1.54, 1.807) is 29.5 Å². The first-order chi connectivity index (χ1) is 22.8. The minimum Gasteiger partial charge on any atom is -0.508 e. The van der Waals surface area contributed by atoms with Crippen molar-refractivity contribution in [1.82, 2.24) is 9.80 Å². The molecular formula is C38H43F3N2O3S. The number of aromatic hydroxyl groups is 1. The van der Waals surface area contributed by atoms with E-state index in [9.17, 15) is 18.3 Å².